The molecule has 0 aliphatic heterocycles. The summed E-state index contributed by atoms with van der Waals surface area (Å²) in [5, 5.41) is 20.9. The smallest absolute Gasteiger partial charge is 0.312 e. The molecule has 0 spiro atoms. The second-order valence-electron chi connectivity index (χ2n) is 9.55. The standard InChI is InChI=1S/C25H47NO4/c1-5-6-7-8-9-10-11-12-13-14-15-16-17-18-19-20-21-22(24(27)28)23(25(29)30)26(2,3)4/h12-13,22-23H,5-11,14-21H2,1-4H3,(H-,27,28,29,30)/b13-12-. The molecule has 1 N–H and O–H groups in total. The highest BCUT2D eigenvalue weighted by Crippen LogP contribution is 2.22. The van der Waals surface area contributed by atoms with Crippen LogP contribution in [0.5, 0.6) is 0 Å². The van der Waals surface area contributed by atoms with Gasteiger partial charge in [-0.05, 0) is 32.1 Å². The molecule has 0 amide bonds. The number of unbranched alkanes of at least 4 members (excludes halogenated alkanes) is 12. The molecule has 5 heteroatoms. The zero-order valence-corrected chi connectivity index (χ0v) is 20.0. The number of allylic oxidation sites excluding steroid dienone is 2. The Balaban J connectivity index is 3.79. The summed E-state index contributed by atoms with van der Waals surface area (Å²) in [4.78, 5) is 23.0. The van der Waals surface area contributed by atoms with Crippen LogP contribution in [-0.2, 0) is 9.59 Å². The first kappa shape index (κ1) is 28.6. The highest BCUT2D eigenvalue weighted by Gasteiger charge is 2.38. The normalized spacial score (nSPS) is 14.1. The molecule has 0 rings (SSSR count). The van der Waals surface area contributed by atoms with Gasteiger partial charge in [0.1, 0.15) is 17.9 Å². The molecule has 0 heterocycles. The van der Waals surface area contributed by atoms with Crippen LogP contribution >= 0.6 is 0 Å². The first-order chi connectivity index (χ1) is 14.2. The summed E-state index contributed by atoms with van der Waals surface area (Å²) in [7, 11) is 5.12. The zero-order chi connectivity index (χ0) is 22.8. The van der Waals surface area contributed by atoms with Crippen molar-refractivity contribution in [1.29, 1.82) is 0 Å². The maximum atomic E-state index is 11.6. The molecular formula is C25H47NO4. The van der Waals surface area contributed by atoms with Crippen molar-refractivity contribution in [3.8, 4) is 0 Å². The molecule has 0 aliphatic rings. The average molecular weight is 426 g/mol. The average Bonchev–Trinajstić information content (AvgIpc) is 2.65. The summed E-state index contributed by atoms with van der Waals surface area (Å²) in [5.74, 6) is -3.21. The summed E-state index contributed by atoms with van der Waals surface area (Å²) in [5.41, 5.74) is 0. The second kappa shape index (κ2) is 17.3. The maximum Gasteiger partial charge on any atom is 0.312 e. The molecule has 2 unspecified atom stereocenters. The van der Waals surface area contributed by atoms with Gasteiger partial charge in [-0.1, -0.05) is 83.3 Å². The number of carboxylic acids is 2. The monoisotopic (exact) mass is 425 g/mol. The van der Waals surface area contributed by atoms with Gasteiger partial charge in [0, 0.05) is 0 Å². The van der Waals surface area contributed by atoms with Gasteiger partial charge in [0.25, 0.3) is 0 Å². The van der Waals surface area contributed by atoms with Gasteiger partial charge in [0.2, 0.25) is 0 Å². The molecule has 5 nitrogen and oxygen atoms in total. The van der Waals surface area contributed by atoms with Gasteiger partial charge in [-0.25, -0.2) is 0 Å². The lowest BCUT2D eigenvalue weighted by Gasteiger charge is -2.38. The van der Waals surface area contributed by atoms with Crippen molar-refractivity contribution < 1.29 is 24.3 Å². The van der Waals surface area contributed by atoms with E-state index in [0.717, 1.165) is 32.1 Å². The summed E-state index contributed by atoms with van der Waals surface area (Å²) >= 11 is 0. The lowest BCUT2D eigenvalue weighted by atomic mass is 9.91. The van der Waals surface area contributed by atoms with E-state index in [1.807, 2.05) is 0 Å². The Morgan fingerprint density at radius 3 is 1.63 bits per heavy atom. The van der Waals surface area contributed by atoms with Crippen molar-refractivity contribution >= 4 is 11.9 Å². The largest absolute Gasteiger partial charge is 0.544 e. The van der Waals surface area contributed by atoms with Crippen molar-refractivity contribution in [3.63, 3.8) is 0 Å². The van der Waals surface area contributed by atoms with Gasteiger partial charge < -0.3 is 19.5 Å². The van der Waals surface area contributed by atoms with Gasteiger partial charge in [0.05, 0.1) is 21.1 Å². The summed E-state index contributed by atoms with van der Waals surface area (Å²) in [6, 6.07) is -1.02. The molecule has 0 radical (unpaired) electrons. The van der Waals surface area contributed by atoms with Crippen molar-refractivity contribution in [1.82, 2.24) is 0 Å². The lowest BCUT2D eigenvalue weighted by Crippen LogP contribution is -2.59. The molecule has 0 aliphatic carbocycles. The van der Waals surface area contributed by atoms with Gasteiger partial charge in [0.15, 0.2) is 0 Å². The van der Waals surface area contributed by atoms with Crippen LogP contribution in [0.2, 0.25) is 0 Å². The quantitative estimate of drug-likeness (QED) is 0.170. The van der Waals surface area contributed by atoms with Crippen LogP contribution in [0.15, 0.2) is 12.2 Å². The Labute approximate surface area is 185 Å². The molecule has 0 fully saturated rings. The third kappa shape index (κ3) is 14.6. The number of hydrogen-bond acceptors (Lipinski definition) is 3. The van der Waals surface area contributed by atoms with Crippen LogP contribution in [0.4, 0.5) is 0 Å². The zero-order valence-electron chi connectivity index (χ0n) is 20.0. The minimum absolute atomic E-state index is 0.0612. The molecule has 30 heavy (non-hydrogen) atoms. The van der Waals surface area contributed by atoms with E-state index in [1.165, 1.54) is 57.8 Å². The molecule has 176 valence electrons. The van der Waals surface area contributed by atoms with Crippen LogP contribution in [-0.4, -0.2) is 48.7 Å². The summed E-state index contributed by atoms with van der Waals surface area (Å²) in [6.45, 7) is 2.25. The number of carbonyl (C=O) groups excluding carboxylic acids is 1. The van der Waals surface area contributed by atoms with Crippen LogP contribution < -0.4 is 5.11 Å². The van der Waals surface area contributed by atoms with E-state index in [9.17, 15) is 19.8 Å². The van der Waals surface area contributed by atoms with Crippen molar-refractivity contribution in [2.45, 2.75) is 109 Å². The van der Waals surface area contributed by atoms with E-state index in [1.54, 1.807) is 21.1 Å². The Bertz CT molecular complexity index is 482. The number of nitrogens with zero attached hydrogens (tertiary/aromatic N) is 1. The van der Waals surface area contributed by atoms with Crippen LogP contribution in [0.3, 0.4) is 0 Å². The van der Waals surface area contributed by atoms with Crippen LogP contribution in [0.25, 0.3) is 0 Å². The van der Waals surface area contributed by atoms with Crippen molar-refractivity contribution in [2.24, 2.45) is 5.92 Å². The number of likely N-dealkylation sites (N-methyl/N-ethyl adjacent to an activating group) is 1. The molecule has 0 bridgehead atoms. The van der Waals surface area contributed by atoms with Crippen molar-refractivity contribution in [3.05, 3.63) is 12.2 Å². The number of aliphatic carboxylic acids is 2. The minimum atomic E-state index is -1.28. The SMILES string of the molecule is CCCCCCCC/C=C\CCCCCCCCC(C(=O)O)C(C(=O)[O-])[N+](C)(C)C. The molecule has 2 atom stereocenters. The van der Waals surface area contributed by atoms with E-state index in [2.05, 4.69) is 19.1 Å². The molecule has 0 saturated carbocycles. The number of rotatable bonds is 20. The Hall–Kier alpha value is -1.36. The Morgan fingerprint density at radius 2 is 1.23 bits per heavy atom. The third-order valence-electron chi connectivity index (χ3n) is 5.80. The number of carboxylic acid groups (broad SMARTS) is 2. The predicted octanol–water partition coefficient (Wildman–Crippen LogP) is 4.94. The fraction of sp³-hybridized carbons (Fsp3) is 0.840. The molecule has 0 aromatic carbocycles. The highest BCUT2D eigenvalue weighted by atomic mass is 16.4. The van der Waals surface area contributed by atoms with Crippen LogP contribution in [0, 0.1) is 5.92 Å². The van der Waals surface area contributed by atoms with E-state index in [4.69, 9.17) is 0 Å². The van der Waals surface area contributed by atoms with E-state index < -0.39 is 23.9 Å². The minimum Gasteiger partial charge on any atom is -0.544 e. The van der Waals surface area contributed by atoms with Gasteiger partial charge in [-0.3, -0.25) is 4.79 Å². The number of hydrogen-bond donors (Lipinski definition) is 1. The number of carbonyl (C=O) groups is 2. The number of quaternary nitrogens is 1. The third-order valence-corrected chi connectivity index (χ3v) is 5.80. The van der Waals surface area contributed by atoms with Gasteiger partial charge in [-0.15, -0.1) is 0 Å². The fourth-order valence-corrected chi connectivity index (χ4v) is 4.05. The van der Waals surface area contributed by atoms with Crippen LogP contribution in [0.1, 0.15) is 103 Å². The first-order valence-corrected chi connectivity index (χ1v) is 12.1. The Kier molecular flexibility index (Phi) is 16.5. The molecule has 0 aromatic rings. The van der Waals surface area contributed by atoms with E-state index in [-0.39, 0.29) is 4.48 Å². The Morgan fingerprint density at radius 1 is 0.800 bits per heavy atom. The fourth-order valence-electron chi connectivity index (χ4n) is 4.05. The highest BCUT2D eigenvalue weighted by molar-refractivity contribution is 5.80. The molecular weight excluding hydrogens is 378 g/mol. The maximum absolute atomic E-state index is 11.6. The molecule has 0 saturated heterocycles. The second-order valence-corrected chi connectivity index (χ2v) is 9.55. The lowest BCUT2D eigenvalue weighted by molar-refractivity contribution is -0.892. The van der Waals surface area contributed by atoms with Crippen molar-refractivity contribution in [2.75, 3.05) is 21.1 Å². The van der Waals surface area contributed by atoms with Gasteiger partial charge in [-0.2, -0.15) is 0 Å². The topological polar surface area (TPSA) is 77.4 Å². The first-order valence-electron chi connectivity index (χ1n) is 12.1. The summed E-state index contributed by atoms with van der Waals surface area (Å²) in [6.07, 6.45) is 21.8. The predicted molar refractivity (Wildman–Crippen MR) is 122 cm³/mol. The van der Waals surface area contributed by atoms with Gasteiger partial charge >= 0.3 is 5.97 Å². The molecule has 0 aromatic heterocycles. The van der Waals surface area contributed by atoms with E-state index >= 15 is 0 Å². The summed E-state index contributed by atoms with van der Waals surface area (Å²) < 4.78 is 0.0612. The van der Waals surface area contributed by atoms with E-state index in [0.29, 0.717) is 6.42 Å².